The molecular weight excluding hydrogens is 636 g/mol. The molecule has 1 aliphatic rings. The van der Waals surface area contributed by atoms with E-state index >= 15 is 0 Å². The average Bonchev–Trinajstić information content (AvgIpc) is 3.49. The molecule has 1 atom stereocenters. The van der Waals surface area contributed by atoms with Crippen LogP contribution in [0.2, 0.25) is 0 Å². The minimum Gasteiger partial charge on any atom is -0.339 e. The van der Waals surface area contributed by atoms with Crippen LogP contribution in [0.1, 0.15) is 53.5 Å². The molecule has 11 heteroatoms. The molecular formula is C37H36F3N5O2S. The zero-order valence-electron chi connectivity index (χ0n) is 26.6. The Labute approximate surface area is 281 Å². The Hall–Kier alpha value is -4.64. The van der Waals surface area contributed by atoms with E-state index in [9.17, 15) is 22.8 Å². The summed E-state index contributed by atoms with van der Waals surface area (Å²) in [6.45, 7) is 3.42. The summed E-state index contributed by atoms with van der Waals surface area (Å²) in [5.41, 5.74) is 1.27. The minimum atomic E-state index is -4.47. The number of hydrogen-bond donors (Lipinski definition) is 0. The number of unbranched alkanes of at least 4 members (excludes halogenated alkanes) is 1. The Morgan fingerprint density at radius 1 is 0.875 bits per heavy atom. The number of amides is 2. The predicted octanol–water partition coefficient (Wildman–Crippen LogP) is 7.67. The summed E-state index contributed by atoms with van der Waals surface area (Å²) in [6.07, 6.45) is -2.30. The maximum Gasteiger partial charge on any atom is 0.416 e. The third-order valence-corrected chi connectivity index (χ3v) is 9.63. The van der Waals surface area contributed by atoms with Gasteiger partial charge in [-0.2, -0.15) is 13.2 Å². The van der Waals surface area contributed by atoms with Crippen LogP contribution in [0.25, 0.3) is 16.5 Å². The Balaban J connectivity index is 1.04. The highest BCUT2D eigenvalue weighted by molar-refractivity contribution is 7.99. The van der Waals surface area contributed by atoms with Gasteiger partial charge in [-0.15, -0.1) is 10.2 Å². The molecule has 0 saturated carbocycles. The highest BCUT2D eigenvalue weighted by atomic mass is 32.2. The molecule has 4 aromatic carbocycles. The van der Waals surface area contributed by atoms with Gasteiger partial charge in [0.25, 0.3) is 5.91 Å². The van der Waals surface area contributed by atoms with Crippen molar-refractivity contribution in [2.75, 3.05) is 25.4 Å². The Kier molecular flexibility index (Phi) is 10.1. The fourth-order valence-corrected chi connectivity index (χ4v) is 7.09. The van der Waals surface area contributed by atoms with E-state index in [0.29, 0.717) is 66.9 Å². The summed E-state index contributed by atoms with van der Waals surface area (Å²) < 4.78 is 42.3. The highest BCUT2D eigenvalue weighted by Crippen LogP contribution is 2.32. The summed E-state index contributed by atoms with van der Waals surface area (Å²) in [5, 5.41) is 11.1. The predicted molar refractivity (Wildman–Crippen MR) is 181 cm³/mol. The molecule has 6 rings (SSSR count). The van der Waals surface area contributed by atoms with E-state index in [0.717, 1.165) is 34.9 Å². The number of alkyl halides is 3. The lowest BCUT2D eigenvalue weighted by molar-refractivity contribution is -0.137. The van der Waals surface area contributed by atoms with Gasteiger partial charge >= 0.3 is 6.18 Å². The van der Waals surface area contributed by atoms with Crippen molar-refractivity contribution in [1.29, 1.82) is 0 Å². The fraction of sp³-hybridized carbons (Fsp3) is 0.297. The van der Waals surface area contributed by atoms with Gasteiger partial charge in [0.2, 0.25) is 5.91 Å². The molecule has 1 aliphatic heterocycles. The first-order chi connectivity index (χ1) is 23.2. The number of thioether (sulfide) groups is 1. The van der Waals surface area contributed by atoms with E-state index < -0.39 is 11.7 Å². The van der Waals surface area contributed by atoms with Gasteiger partial charge in [0.15, 0.2) is 5.16 Å². The fourth-order valence-electron chi connectivity index (χ4n) is 6.12. The standard InChI is InChI=1S/C37H36F3N5O2S/c1-26-25-43(20-21-44(26)35(47)32-18-9-14-28-13-5-6-17-31(28)32)34(46)19-7-8-22-48-36-42-41-33(23-27-11-3-2-4-12-27)45(36)30-16-10-15-29(24-30)37(38,39)40/h2-6,9-18,24,26H,7-8,19-23,25H2,1H3. The van der Waals surface area contributed by atoms with E-state index in [1.807, 2.05) is 89.5 Å². The maximum absolute atomic E-state index is 13.5. The van der Waals surface area contributed by atoms with Crippen LogP contribution in [0.3, 0.4) is 0 Å². The van der Waals surface area contributed by atoms with Gasteiger partial charge in [-0.3, -0.25) is 14.2 Å². The van der Waals surface area contributed by atoms with Gasteiger partial charge in [0, 0.05) is 49.8 Å². The molecule has 1 aromatic heterocycles. The van der Waals surface area contributed by atoms with Gasteiger partial charge in [0.05, 0.1) is 11.3 Å². The lowest BCUT2D eigenvalue weighted by atomic mass is 10.0. The first kappa shape index (κ1) is 33.3. The Morgan fingerprint density at radius 2 is 1.62 bits per heavy atom. The lowest BCUT2D eigenvalue weighted by Crippen LogP contribution is -2.55. The van der Waals surface area contributed by atoms with E-state index in [1.165, 1.54) is 17.8 Å². The van der Waals surface area contributed by atoms with Gasteiger partial charge < -0.3 is 9.80 Å². The summed E-state index contributed by atoms with van der Waals surface area (Å²) in [5.74, 6) is 1.21. The largest absolute Gasteiger partial charge is 0.416 e. The number of aromatic nitrogens is 3. The molecule has 48 heavy (non-hydrogen) atoms. The third-order valence-electron chi connectivity index (χ3n) is 8.61. The molecule has 0 radical (unpaired) electrons. The number of halogens is 3. The normalized spacial score (nSPS) is 15.2. The summed E-state index contributed by atoms with van der Waals surface area (Å²) in [4.78, 5) is 30.3. The second-order valence-electron chi connectivity index (χ2n) is 12.0. The van der Waals surface area contributed by atoms with Crippen LogP contribution in [-0.2, 0) is 17.4 Å². The van der Waals surface area contributed by atoms with E-state index in [1.54, 1.807) is 10.6 Å². The van der Waals surface area contributed by atoms with Crippen LogP contribution >= 0.6 is 11.8 Å². The number of piperazine rings is 1. The number of benzene rings is 4. The van der Waals surface area contributed by atoms with Crippen molar-refractivity contribution in [1.82, 2.24) is 24.6 Å². The van der Waals surface area contributed by atoms with Crippen molar-refractivity contribution < 1.29 is 22.8 Å². The molecule has 1 fully saturated rings. The van der Waals surface area contributed by atoms with Gasteiger partial charge in [-0.05, 0) is 60.4 Å². The monoisotopic (exact) mass is 671 g/mol. The number of hydrogen-bond acceptors (Lipinski definition) is 5. The molecule has 0 bridgehead atoms. The van der Waals surface area contributed by atoms with Crippen LogP contribution in [0, 0.1) is 0 Å². The Bertz CT molecular complexity index is 1890. The topological polar surface area (TPSA) is 71.3 Å². The zero-order valence-corrected chi connectivity index (χ0v) is 27.4. The average molecular weight is 672 g/mol. The molecule has 5 aromatic rings. The number of rotatable bonds is 10. The number of nitrogens with zero attached hydrogens (tertiary/aromatic N) is 5. The second kappa shape index (κ2) is 14.6. The third kappa shape index (κ3) is 7.57. The van der Waals surface area contributed by atoms with Crippen molar-refractivity contribution in [2.24, 2.45) is 0 Å². The van der Waals surface area contributed by atoms with Crippen molar-refractivity contribution in [2.45, 2.75) is 50.0 Å². The van der Waals surface area contributed by atoms with Crippen molar-refractivity contribution >= 4 is 34.3 Å². The van der Waals surface area contributed by atoms with E-state index in [2.05, 4.69) is 10.2 Å². The summed E-state index contributed by atoms with van der Waals surface area (Å²) in [6, 6.07) is 28.3. The number of carbonyl (C=O) groups is 2. The Morgan fingerprint density at radius 3 is 2.42 bits per heavy atom. The molecule has 0 aliphatic carbocycles. The van der Waals surface area contributed by atoms with Crippen LogP contribution in [0.5, 0.6) is 0 Å². The van der Waals surface area contributed by atoms with E-state index in [4.69, 9.17) is 0 Å². The van der Waals surface area contributed by atoms with Crippen LogP contribution < -0.4 is 0 Å². The highest BCUT2D eigenvalue weighted by Gasteiger charge is 2.32. The maximum atomic E-state index is 13.5. The first-order valence-electron chi connectivity index (χ1n) is 16.0. The molecule has 1 unspecified atom stereocenters. The molecule has 2 heterocycles. The smallest absolute Gasteiger partial charge is 0.339 e. The van der Waals surface area contributed by atoms with Crippen LogP contribution in [0.4, 0.5) is 13.2 Å². The number of carbonyl (C=O) groups excluding carboxylic acids is 2. The second-order valence-corrected chi connectivity index (χ2v) is 13.0. The van der Waals surface area contributed by atoms with Crippen LogP contribution in [0.15, 0.2) is 102 Å². The molecule has 0 N–H and O–H groups in total. The van der Waals surface area contributed by atoms with Gasteiger partial charge in [-0.25, -0.2) is 0 Å². The van der Waals surface area contributed by atoms with Crippen molar-refractivity contribution in [3.63, 3.8) is 0 Å². The molecule has 248 valence electrons. The molecule has 2 amide bonds. The molecule has 7 nitrogen and oxygen atoms in total. The quantitative estimate of drug-likeness (QED) is 0.113. The molecule has 0 spiro atoms. The summed E-state index contributed by atoms with van der Waals surface area (Å²) in [7, 11) is 0. The van der Waals surface area contributed by atoms with Gasteiger partial charge in [0.1, 0.15) is 5.82 Å². The van der Waals surface area contributed by atoms with Crippen LogP contribution in [-0.4, -0.2) is 67.8 Å². The summed E-state index contributed by atoms with van der Waals surface area (Å²) >= 11 is 1.42. The van der Waals surface area contributed by atoms with Crippen molar-refractivity contribution in [3.05, 3.63) is 120 Å². The lowest BCUT2D eigenvalue weighted by Gasteiger charge is -2.40. The zero-order chi connectivity index (χ0) is 33.7. The number of fused-ring (bicyclic) bond motifs is 1. The van der Waals surface area contributed by atoms with E-state index in [-0.39, 0.29) is 17.9 Å². The minimum absolute atomic E-state index is 0.0201. The van der Waals surface area contributed by atoms with Crippen molar-refractivity contribution in [3.8, 4) is 5.69 Å². The molecule has 1 saturated heterocycles. The van der Waals surface area contributed by atoms with Gasteiger partial charge in [-0.1, -0.05) is 84.6 Å². The SMILES string of the molecule is CC1CN(C(=O)CCCCSc2nnc(Cc3ccccc3)n2-c2cccc(C(F)(F)F)c2)CCN1C(=O)c1cccc2ccccc12. The first-order valence-corrected chi connectivity index (χ1v) is 17.0.